The molecule has 0 aromatic heterocycles. The third-order valence-corrected chi connectivity index (χ3v) is 8.03. The molecule has 5 nitrogen and oxygen atoms in total. The van der Waals surface area contributed by atoms with E-state index in [2.05, 4.69) is 31.2 Å². The summed E-state index contributed by atoms with van der Waals surface area (Å²) in [5.74, 6) is -0.641. The van der Waals surface area contributed by atoms with Crippen LogP contribution in [0.5, 0.6) is 0 Å². The monoisotopic (exact) mass is 569 g/mol. The van der Waals surface area contributed by atoms with Gasteiger partial charge in [-0.15, -0.1) is 0 Å². The molecule has 0 saturated heterocycles. The SMILES string of the molecule is Cc1ccc(F)cc1S(=O)(=O)NC(C1=NNC(c2ccc(Br)cc2)C1)c1ccc(Cl)cc1Cl. The number of nitrogens with zero attached hydrogens (tertiary/aromatic N) is 1. The van der Waals surface area contributed by atoms with E-state index in [1.807, 2.05) is 24.3 Å². The van der Waals surface area contributed by atoms with Crippen LogP contribution in [-0.2, 0) is 10.0 Å². The van der Waals surface area contributed by atoms with Crippen LogP contribution < -0.4 is 10.1 Å². The molecule has 4 rings (SSSR count). The Morgan fingerprint density at radius 2 is 1.85 bits per heavy atom. The molecule has 0 aliphatic carbocycles. The van der Waals surface area contributed by atoms with Gasteiger partial charge >= 0.3 is 0 Å². The molecule has 0 bridgehead atoms. The highest BCUT2D eigenvalue weighted by Crippen LogP contribution is 2.34. The number of hydrogen-bond acceptors (Lipinski definition) is 4. The van der Waals surface area contributed by atoms with Crippen molar-refractivity contribution >= 4 is 54.9 Å². The maximum Gasteiger partial charge on any atom is 0.241 e. The smallest absolute Gasteiger partial charge is 0.241 e. The van der Waals surface area contributed by atoms with Crippen LogP contribution in [-0.4, -0.2) is 14.1 Å². The van der Waals surface area contributed by atoms with Crippen LogP contribution in [0.1, 0.15) is 35.2 Å². The fraction of sp³-hybridized carbons (Fsp3) is 0.174. The van der Waals surface area contributed by atoms with Gasteiger partial charge in [0.1, 0.15) is 5.82 Å². The molecule has 10 heteroatoms. The van der Waals surface area contributed by atoms with Crippen LogP contribution in [0.25, 0.3) is 0 Å². The highest BCUT2D eigenvalue weighted by Gasteiger charge is 2.33. The molecule has 0 amide bonds. The minimum atomic E-state index is -4.11. The Labute approximate surface area is 210 Å². The molecule has 33 heavy (non-hydrogen) atoms. The van der Waals surface area contributed by atoms with Gasteiger partial charge in [-0.25, -0.2) is 12.8 Å². The van der Waals surface area contributed by atoms with E-state index in [1.54, 1.807) is 25.1 Å². The van der Waals surface area contributed by atoms with Crippen molar-refractivity contribution < 1.29 is 12.8 Å². The molecular weight excluding hydrogens is 552 g/mol. The third kappa shape index (κ3) is 5.41. The second-order valence-corrected chi connectivity index (χ2v) is 11.1. The quantitative estimate of drug-likeness (QED) is 0.364. The Morgan fingerprint density at radius 1 is 1.12 bits per heavy atom. The van der Waals surface area contributed by atoms with Gasteiger partial charge in [-0.2, -0.15) is 9.82 Å². The van der Waals surface area contributed by atoms with Crippen molar-refractivity contribution in [1.29, 1.82) is 0 Å². The normalized spacial score (nSPS) is 16.9. The molecule has 2 unspecified atom stereocenters. The van der Waals surface area contributed by atoms with Crippen molar-refractivity contribution in [3.63, 3.8) is 0 Å². The highest BCUT2D eigenvalue weighted by molar-refractivity contribution is 9.10. The lowest BCUT2D eigenvalue weighted by Crippen LogP contribution is -2.34. The zero-order valence-electron chi connectivity index (χ0n) is 17.3. The van der Waals surface area contributed by atoms with Crippen LogP contribution in [0, 0.1) is 12.7 Å². The zero-order valence-corrected chi connectivity index (χ0v) is 21.2. The van der Waals surface area contributed by atoms with Crippen molar-refractivity contribution in [3.05, 3.63) is 97.7 Å². The van der Waals surface area contributed by atoms with Crippen LogP contribution >= 0.6 is 39.1 Å². The summed E-state index contributed by atoms with van der Waals surface area (Å²) in [6.45, 7) is 1.61. The molecule has 1 aliphatic heterocycles. The molecule has 3 aromatic carbocycles. The van der Waals surface area contributed by atoms with Crippen LogP contribution in [0.2, 0.25) is 10.0 Å². The van der Waals surface area contributed by atoms with Crippen molar-refractivity contribution in [1.82, 2.24) is 10.1 Å². The first-order valence-corrected chi connectivity index (χ1v) is 13.0. The van der Waals surface area contributed by atoms with Gasteiger partial charge < -0.3 is 5.43 Å². The van der Waals surface area contributed by atoms with E-state index in [9.17, 15) is 12.8 Å². The predicted octanol–water partition coefficient (Wildman–Crippen LogP) is 6.31. The lowest BCUT2D eigenvalue weighted by molar-refractivity contribution is 0.572. The summed E-state index contributed by atoms with van der Waals surface area (Å²) in [6, 6.07) is 15.2. The molecule has 0 spiro atoms. The number of nitrogens with one attached hydrogen (secondary N) is 2. The number of benzene rings is 3. The van der Waals surface area contributed by atoms with Gasteiger partial charge in [0.25, 0.3) is 0 Å². The second kappa shape index (κ2) is 9.72. The summed E-state index contributed by atoms with van der Waals surface area (Å²) in [5.41, 5.74) is 5.54. The average Bonchev–Trinajstić information content (AvgIpc) is 3.25. The van der Waals surface area contributed by atoms with Gasteiger partial charge in [0.05, 0.1) is 22.7 Å². The summed E-state index contributed by atoms with van der Waals surface area (Å²) in [7, 11) is -4.11. The predicted molar refractivity (Wildman–Crippen MR) is 133 cm³/mol. The van der Waals surface area contributed by atoms with Crippen molar-refractivity contribution in [3.8, 4) is 0 Å². The fourth-order valence-corrected chi connectivity index (χ4v) is 5.90. The van der Waals surface area contributed by atoms with E-state index in [0.717, 1.165) is 16.1 Å². The Hall–Kier alpha value is -1.97. The summed E-state index contributed by atoms with van der Waals surface area (Å²) < 4.78 is 44.1. The van der Waals surface area contributed by atoms with Crippen molar-refractivity contribution in [2.24, 2.45) is 5.10 Å². The molecule has 0 saturated carbocycles. The number of rotatable bonds is 6. The van der Waals surface area contributed by atoms with Gasteiger partial charge in [-0.1, -0.05) is 63.4 Å². The maximum atomic E-state index is 13.8. The van der Waals surface area contributed by atoms with E-state index in [0.29, 0.717) is 33.3 Å². The van der Waals surface area contributed by atoms with E-state index in [1.165, 1.54) is 12.1 Å². The lowest BCUT2D eigenvalue weighted by atomic mass is 9.96. The summed E-state index contributed by atoms with van der Waals surface area (Å²) in [6.07, 6.45) is 0.440. The third-order valence-electron chi connectivity index (χ3n) is 5.37. The molecule has 0 fully saturated rings. The first kappa shape index (κ1) is 24.2. The summed E-state index contributed by atoms with van der Waals surface area (Å²) >= 11 is 15.9. The van der Waals surface area contributed by atoms with E-state index in [4.69, 9.17) is 23.2 Å². The Kier molecular flexibility index (Phi) is 7.12. The number of hydrazone groups is 1. The Morgan fingerprint density at radius 3 is 2.55 bits per heavy atom. The summed E-state index contributed by atoms with van der Waals surface area (Å²) in [5, 5.41) is 5.15. The number of sulfonamides is 1. The van der Waals surface area contributed by atoms with Crippen molar-refractivity contribution in [2.75, 3.05) is 0 Å². The average molecular weight is 571 g/mol. The lowest BCUT2D eigenvalue weighted by Gasteiger charge is -2.21. The molecule has 0 radical (unpaired) electrons. The Balaban J connectivity index is 1.70. The van der Waals surface area contributed by atoms with Gasteiger partial charge in [0, 0.05) is 20.9 Å². The number of aryl methyl sites for hydroxylation is 1. The molecule has 3 aromatic rings. The fourth-order valence-electron chi connectivity index (χ4n) is 3.66. The molecule has 2 atom stereocenters. The molecule has 1 aliphatic rings. The standard InChI is InChI=1S/C23H19BrCl2FN3O2S/c1-13-2-8-17(27)11-22(13)33(31,32)30-23(18-9-7-16(25)10-19(18)26)21-12-20(28-29-21)14-3-5-15(24)6-4-14/h2-11,20,23,28,30H,12H2,1H3. The van der Waals surface area contributed by atoms with Crippen LogP contribution in [0.4, 0.5) is 4.39 Å². The number of hydrogen-bond donors (Lipinski definition) is 2. The molecule has 1 heterocycles. The van der Waals surface area contributed by atoms with E-state index in [-0.39, 0.29) is 10.9 Å². The van der Waals surface area contributed by atoms with Gasteiger partial charge in [0.15, 0.2) is 0 Å². The van der Waals surface area contributed by atoms with Crippen LogP contribution in [0.3, 0.4) is 0 Å². The first-order valence-electron chi connectivity index (χ1n) is 9.95. The summed E-state index contributed by atoms with van der Waals surface area (Å²) in [4.78, 5) is -0.145. The maximum absolute atomic E-state index is 13.8. The van der Waals surface area contributed by atoms with Gasteiger partial charge in [-0.05, 0) is 60.0 Å². The minimum Gasteiger partial charge on any atom is -0.302 e. The minimum absolute atomic E-state index is 0.137. The van der Waals surface area contributed by atoms with E-state index < -0.39 is 21.9 Å². The molecular formula is C23H19BrCl2FN3O2S. The topological polar surface area (TPSA) is 70.6 Å². The van der Waals surface area contributed by atoms with Gasteiger partial charge in [0.2, 0.25) is 10.0 Å². The Bertz CT molecular complexity index is 1330. The largest absolute Gasteiger partial charge is 0.302 e. The first-order chi connectivity index (χ1) is 15.6. The van der Waals surface area contributed by atoms with Crippen molar-refractivity contribution in [2.45, 2.75) is 30.3 Å². The molecule has 2 N–H and O–H groups in total. The highest BCUT2D eigenvalue weighted by atomic mass is 79.9. The zero-order chi connectivity index (χ0) is 23.8. The second-order valence-electron chi connectivity index (χ2n) is 7.67. The molecule has 172 valence electrons. The van der Waals surface area contributed by atoms with E-state index >= 15 is 0 Å². The van der Waals surface area contributed by atoms with Gasteiger partial charge in [-0.3, -0.25) is 0 Å². The number of halogens is 4. The van der Waals surface area contributed by atoms with Crippen LogP contribution in [0.15, 0.2) is 75.1 Å².